The Morgan fingerprint density at radius 2 is 0.674 bits per heavy atom. The molecule has 10 nitrogen and oxygen atoms in total. The molecule has 86 heavy (non-hydrogen) atoms. The summed E-state index contributed by atoms with van der Waals surface area (Å²) in [4.78, 5) is 0.0413. The highest BCUT2D eigenvalue weighted by Gasteiger charge is 2.43. The van der Waals surface area contributed by atoms with Gasteiger partial charge in [0.2, 0.25) is 9.84 Å². The van der Waals surface area contributed by atoms with Gasteiger partial charge in [0.25, 0.3) is 13.4 Å². The van der Waals surface area contributed by atoms with Crippen molar-refractivity contribution in [2.24, 2.45) is 0 Å². The number of sulfone groups is 1. The van der Waals surface area contributed by atoms with E-state index in [1.165, 1.54) is 12.1 Å². The van der Waals surface area contributed by atoms with Crippen LogP contribution >= 0.6 is 0 Å². The molecule has 400 valence electrons. The van der Waals surface area contributed by atoms with E-state index in [1.54, 1.807) is 24.3 Å². The van der Waals surface area contributed by atoms with Crippen LogP contribution in [0.3, 0.4) is 0 Å². The first-order valence-electron chi connectivity index (χ1n) is 28.6. The van der Waals surface area contributed by atoms with E-state index < -0.39 is 9.84 Å². The molecule has 0 amide bonds. The summed E-state index contributed by atoms with van der Waals surface area (Å²) < 4.78 is 64.1. The van der Waals surface area contributed by atoms with Crippen LogP contribution in [0.25, 0.3) is 82.5 Å². The van der Waals surface area contributed by atoms with Gasteiger partial charge >= 0.3 is 0 Å². The Kier molecular flexibility index (Phi) is 9.47. The Labute approximate surface area is 492 Å². The van der Waals surface area contributed by atoms with Gasteiger partial charge in [-0.05, 0) is 101 Å². The average Bonchev–Trinajstić information content (AvgIpc) is 1.56. The van der Waals surface area contributed by atoms with Crippen molar-refractivity contribution in [2.75, 3.05) is 0 Å². The van der Waals surface area contributed by atoms with Gasteiger partial charge < -0.3 is 32.6 Å². The first kappa shape index (κ1) is 47.3. The van der Waals surface area contributed by atoms with Gasteiger partial charge in [0.05, 0.1) is 59.8 Å². The number of rotatable bonds is 5. The number of benzene rings is 12. The van der Waals surface area contributed by atoms with Gasteiger partial charge in [-0.2, -0.15) is 5.26 Å². The van der Waals surface area contributed by atoms with Gasteiger partial charge in [-0.15, -0.1) is 0 Å². The largest absolute Gasteiger partial charge is 0.458 e. The minimum Gasteiger partial charge on any atom is -0.458 e. The van der Waals surface area contributed by atoms with Crippen LogP contribution in [0.1, 0.15) is 5.56 Å². The second-order valence-corrected chi connectivity index (χ2v) is 24.4. The Hall–Kier alpha value is -11.2. The standard InChI is InChI=1S/C73H40B2N4O6S/c76-41-42-17-1-16-32-65(42)86(80,81)46-35-33-43(34-36-46)77-54-25-9-2-18-47(54)66-71(77)67-48-19-3-10-26-55(48)78(44-37-61-69-62(38-44)83-58-29-13-6-22-51(58)74(69)50-21-5-12-28-57(50)82-61)73(67)68-49-20-4-11-27-56(49)79(72(66)68)45-39-63-70-64(40-45)85-60-31-15-8-24-53(60)75(70)52-23-7-14-30-59(52)84-63/h1-40H. The highest BCUT2D eigenvalue weighted by molar-refractivity contribution is 7.91. The number of hydrogen-bond donors (Lipinski definition) is 0. The van der Waals surface area contributed by atoms with Crippen LogP contribution in [-0.4, -0.2) is 35.5 Å². The lowest BCUT2D eigenvalue weighted by Crippen LogP contribution is -2.57. The normalized spacial score (nSPS) is 13.3. The number of para-hydroxylation sites is 7. The Morgan fingerprint density at radius 3 is 1.06 bits per heavy atom. The monoisotopic (exact) mass is 1120 g/mol. The first-order chi connectivity index (χ1) is 42.4. The Bertz CT molecular complexity index is 5420. The minimum absolute atomic E-state index is 0.0380. The van der Waals surface area contributed by atoms with Crippen molar-refractivity contribution in [3.8, 4) is 69.1 Å². The van der Waals surface area contributed by atoms with Crippen molar-refractivity contribution >= 4 is 121 Å². The summed E-state index contributed by atoms with van der Waals surface area (Å²) in [6.45, 7) is -0.228. The van der Waals surface area contributed by atoms with E-state index in [9.17, 15) is 13.7 Å². The lowest BCUT2D eigenvalue weighted by molar-refractivity contribution is 0.463. The topological polar surface area (TPSA) is 110 Å². The molecule has 0 fully saturated rings. The number of hydrogen-bond acceptors (Lipinski definition) is 7. The molecule has 0 atom stereocenters. The predicted octanol–water partition coefficient (Wildman–Crippen LogP) is 13.1. The fourth-order valence-electron chi connectivity index (χ4n) is 14.7. The molecule has 13 heteroatoms. The molecule has 12 aromatic carbocycles. The number of fused-ring (bicyclic) bond motifs is 20. The minimum atomic E-state index is -4.09. The maximum absolute atomic E-state index is 14.5. The highest BCUT2D eigenvalue weighted by Crippen LogP contribution is 2.52. The summed E-state index contributed by atoms with van der Waals surface area (Å²) in [6, 6.07) is 83.0. The Morgan fingerprint density at radius 1 is 0.349 bits per heavy atom. The molecular weight excluding hydrogens is 1080 g/mol. The molecule has 7 heterocycles. The van der Waals surface area contributed by atoms with E-state index in [2.05, 4.69) is 165 Å². The van der Waals surface area contributed by atoms with Gasteiger partial charge in [0.15, 0.2) is 0 Å². The molecule has 0 aliphatic carbocycles. The molecule has 0 bridgehead atoms. The molecule has 0 N–H and O–H groups in total. The third-order valence-corrected chi connectivity index (χ3v) is 19.9. The van der Waals surface area contributed by atoms with E-state index in [0.717, 1.165) is 138 Å². The molecule has 19 rings (SSSR count). The predicted molar refractivity (Wildman–Crippen MR) is 341 cm³/mol. The van der Waals surface area contributed by atoms with E-state index >= 15 is 0 Å². The van der Waals surface area contributed by atoms with Crippen LogP contribution in [0.15, 0.2) is 252 Å². The summed E-state index contributed by atoms with van der Waals surface area (Å²) in [6.07, 6.45) is 0. The van der Waals surface area contributed by atoms with E-state index in [-0.39, 0.29) is 28.8 Å². The van der Waals surface area contributed by atoms with Crippen molar-refractivity contribution in [3.63, 3.8) is 0 Å². The van der Waals surface area contributed by atoms with Gasteiger partial charge in [-0.3, -0.25) is 0 Å². The molecule has 0 radical (unpaired) electrons. The van der Waals surface area contributed by atoms with Crippen molar-refractivity contribution in [1.82, 2.24) is 13.7 Å². The van der Waals surface area contributed by atoms with E-state index in [0.29, 0.717) is 23.0 Å². The Balaban J connectivity index is 0.962. The van der Waals surface area contributed by atoms with E-state index in [4.69, 9.17) is 18.9 Å². The molecule has 0 saturated carbocycles. The highest BCUT2D eigenvalue weighted by atomic mass is 32.2. The van der Waals surface area contributed by atoms with Crippen molar-refractivity contribution in [2.45, 2.75) is 9.79 Å². The first-order valence-corrected chi connectivity index (χ1v) is 30.1. The van der Waals surface area contributed by atoms with Gasteiger partial charge in [-0.1, -0.05) is 140 Å². The zero-order chi connectivity index (χ0) is 56.7. The fourth-order valence-corrected chi connectivity index (χ4v) is 16.1. The fraction of sp³-hybridized carbons (Fsp3) is 0. The second-order valence-electron chi connectivity index (χ2n) is 22.5. The number of ether oxygens (including phenoxy) is 4. The lowest BCUT2D eigenvalue weighted by Gasteiger charge is -2.33. The SMILES string of the molecule is N#Cc1ccccc1S(=O)(=O)c1ccc(-n2c3ccccc3c3c2c2c4ccccc4n(-c4cc5c6c(c4)Oc4ccccc4B6c4ccccc4O5)c2c2c4ccccc4n(-c4cc5c6c(c4)Oc4ccccc4B6c4ccccc4O5)c32)cc1. The van der Waals surface area contributed by atoms with Crippen molar-refractivity contribution < 1.29 is 27.4 Å². The van der Waals surface area contributed by atoms with Crippen LogP contribution in [0, 0.1) is 11.3 Å². The number of nitrogens with zero attached hydrogens (tertiary/aromatic N) is 4. The number of nitriles is 1. The zero-order valence-electron chi connectivity index (χ0n) is 45.4. The summed E-state index contributed by atoms with van der Waals surface area (Å²) >= 11 is 0. The quantitative estimate of drug-likeness (QED) is 0.158. The molecule has 4 aliphatic heterocycles. The summed E-state index contributed by atoms with van der Waals surface area (Å²) in [7, 11) is -4.09. The van der Waals surface area contributed by atoms with Crippen LogP contribution in [0.4, 0.5) is 0 Å². The maximum atomic E-state index is 14.5. The summed E-state index contributed by atoms with van der Waals surface area (Å²) in [5, 5.41) is 16.1. The molecule has 15 aromatic rings. The molecule has 3 aromatic heterocycles. The average molecular weight is 1120 g/mol. The van der Waals surface area contributed by atoms with Gasteiger partial charge in [0.1, 0.15) is 52.1 Å². The summed E-state index contributed by atoms with van der Waals surface area (Å²) in [5.41, 5.74) is 14.5. The van der Waals surface area contributed by atoms with Gasteiger partial charge in [-0.25, -0.2) is 8.42 Å². The molecular formula is C73H40B2N4O6S. The zero-order valence-corrected chi connectivity index (χ0v) is 46.2. The second kappa shape index (κ2) is 17.2. The molecule has 0 unspecified atom stereocenters. The smallest absolute Gasteiger partial charge is 0.260 e. The summed E-state index contributed by atoms with van der Waals surface area (Å²) in [5.74, 6) is 6.05. The van der Waals surface area contributed by atoms with Crippen LogP contribution in [-0.2, 0) is 9.84 Å². The van der Waals surface area contributed by atoms with Gasteiger partial charge in [0, 0.05) is 73.2 Å². The van der Waals surface area contributed by atoms with Crippen LogP contribution < -0.4 is 51.7 Å². The lowest BCUT2D eigenvalue weighted by atomic mass is 9.35. The van der Waals surface area contributed by atoms with Crippen LogP contribution in [0.2, 0.25) is 0 Å². The molecule has 0 spiro atoms. The molecule has 0 saturated heterocycles. The van der Waals surface area contributed by atoms with Crippen molar-refractivity contribution in [1.29, 1.82) is 5.26 Å². The third-order valence-electron chi connectivity index (χ3n) is 18.1. The number of aromatic nitrogens is 3. The molecule has 4 aliphatic rings. The third kappa shape index (κ3) is 6.26. The maximum Gasteiger partial charge on any atom is 0.260 e. The van der Waals surface area contributed by atoms with E-state index in [1.807, 2.05) is 60.7 Å². The van der Waals surface area contributed by atoms with Crippen molar-refractivity contribution in [3.05, 3.63) is 248 Å². The van der Waals surface area contributed by atoms with Crippen LogP contribution in [0.5, 0.6) is 46.0 Å².